The van der Waals surface area contributed by atoms with Crippen molar-refractivity contribution in [3.8, 4) is 0 Å². The van der Waals surface area contributed by atoms with Crippen LogP contribution in [-0.2, 0) is 11.3 Å². The first-order valence-corrected chi connectivity index (χ1v) is 9.22. The van der Waals surface area contributed by atoms with E-state index in [9.17, 15) is 15.0 Å². The number of aliphatic hydroxyl groups is 2. The number of nitrogens with one attached hydrogen (secondary N) is 2. The molecule has 3 aromatic rings. The molecule has 0 radical (unpaired) electrons. The fourth-order valence-electron chi connectivity index (χ4n) is 2.68. The van der Waals surface area contributed by atoms with E-state index in [1.807, 2.05) is 30.3 Å². The fourth-order valence-corrected chi connectivity index (χ4v) is 3.17. The van der Waals surface area contributed by atoms with Crippen LogP contribution in [0.2, 0.25) is 10.4 Å². The number of amides is 1. The summed E-state index contributed by atoms with van der Waals surface area (Å²) in [7, 11) is 0. The number of H-pyrrole nitrogens is 1. The van der Waals surface area contributed by atoms with Crippen LogP contribution < -0.4 is 5.32 Å². The summed E-state index contributed by atoms with van der Waals surface area (Å²) in [4.78, 5) is 22.4. The molecule has 2 aromatic heterocycles. The number of aliphatic hydroxyl groups excluding tert-OH is 2. The maximum atomic E-state index is 11.7. The van der Waals surface area contributed by atoms with E-state index >= 15 is 0 Å². The molecule has 0 bridgehead atoms. The summed E-state index contributed by atoms with van der Waals surface area (Å²) < 4.78 is 5.08. The molecule has 8 nitrogen and oxygen atoms in total. The van der Waals surface area contributed by atoms with E-state index in [1.165, 1.54) is 6.20 Å². The second-order valence-electron chi connectivity index (χ2n) is 6.04. The summed E-state index contributed by atoms with van der Waals surface area (Å²) >= 11 is 11.8. The molecule has 2 heterocycles. The Morgan fingerprint density at radius 1 is 1.21 bits per heavy atom. The second-order valence-corrected chi connectivity index (χ2v) is 6.74. The third kappa shape index (κ3) is 4.90. The average Bonchev–Trinajstić information content (AvgIpc) is 3.10. The number of fused-ring (bicyclic) bond motifs is 1. The number of aromatic nitrogens is 3. The number of hydrogen-bond acceptors (Lipinski definition) is 6. The molecule has 10 heteroatoms. The zero-order valence-electron chi connectivity index (χ0n) is 14.6. The molecule has 0 saturated carbocycles. The number of aromatic amines is 1. The molecule has 0 aliphatic heterocycles. The van der Waals surface area contributed by atoms with E-state index in [4.69, 9.17) is 27.9 Å². The normalized spacial score (nSPS) is 13.3. The quantitative estimate of drug-likeness (QED) is 0.341. The van der Waals surface area contributed by atoms with E-state index in [0.717, 1.165) is 5.56 Å². The molecule has 0 aliphatic carbocycles. The lowest BCUT2D eigenvalue weighted by Gasteiger charge is -2.17. The number of hydrogen-bond donors (Lipinski definition) is 4. The summed E-state index contributed by atoms with van der Waals surface area (Å²) in [6, 6.07) is 9.26. The standard InChI is InChI=1S/C18H18Cl2N4O4/c19-15-13-11(8-22-16(13)24-17(20)23-15)14(26)12(25)6-7-21-18(27)28-9-10-4-2-1-3-5-10/h1-5,8,12,14,25-26H,6-7,9H2,(H,21,27)(H,22,23,24). The van der Waals surface area contributed by atoms with E-state index in [1.54, 1.807) is 0 Å². The first-order chi connectivity index (χ1) is 13.5. The van der Waals surface area contributed by atoms with Gasteiger partial charge in [0.1, 0.15) is 23.5 Å². The van der Waals surface area contributed by atoms with Gasteiger partial charge in [0.05, 0.1) is 11.5 Å². The van der Waals surface area contributed by atoms with Crippen molar-refractivity contribution in [2.45, 2.75) is 25.2 Å². The Balaban J connectivity index is 1.51. The smallest absolute Gasteiger partial charge is 0.407 e. The van der Waals surface area contributed by atoms with Crippen molar-refractivity contribution >= 4 is 40.3 Å². The van der Waals surface area contributed by atoms with Crippen LogP contribution in [0.5, 0.6) is 0 Å². The van der Waals surface area contributed by atoms with E-state index in [2.05, 4.69) is 20.3 Å². The average molecular weight is 425 g/mol. The third-order valence-electron chi connectivity index (χ3n) is 4.10. The summed E-state index contributed by atoms with van der Waals surface area (Å²) in [5, 5.41) is 23.6. The van der Waals surface area contributed by atoms with Gasteiger partial charge in [0.25, 0.3) is 0 Å². The molecule has 3 rings (SSSR count). The van der Waals surface area contributed by atoms with Crippen molar-refractivity contribution in [3.63, 3.8) is 0 Å². The van der Waals surface area contributed by atoms with Crippen LogP contribution in [0, 0.1) is 0 Å². The van der Waals surface area contributed by atoms with Crippen molar-refractivity contribution in [2.24, 2.45) is 0 Å². The number of nitrogens with zero attached hydrogens (tertiary/aromatic N) is 2. The molecule has 0 spiro atoms. The van der Waals surface area contributed by atoms with Gasteiger partial charge >= 0.3 is 6.09 Å². The van der Waals surface area contributed by atoms with Gasteiger partial charge in [-0.2, -0.15) is 4.98 Å². The Morgan fingerprint density at radius 2 is 1.96 bits per heavy atom. The van der Waals surface area contributed by atoms with Gasteiger partial charge in [-0.05, 0) is 23.6 Å². The highest BCUT2D eigenvalue weighted by Gasteiger charge is 2.24. The predicted octanol–water partition coefficient (Wildman–Crippen LogP) is 2.98. The van der Waals surface area contributed by atoms with Gasteiger partial charge in [-0.1, -0.05) is 41.9 Å². The summed E-state index contributed by atoms with van der Waals surface area (Å²) in [5.41, 5.74) is 1.57. The van der Waals surface area contributed by atoms with Crippen molar-refractivity contribution in [2.75, 3.05) is 6.54 Å². The SMILES string of the molecule is O=C(NCCC(O)C(O)c1c[nH]c2nc(Cl)nc(Cl)c12)OCc1ccccc1. The van der Waals surface area contributed by atoms with Crippen molar-refractivity contribution in [1.29, 1.82) is 0 Å². The molecule has 1 amide bonds. The molecular weight excluding hydrogens is 407 g/mol. The van der Waals surface area contributed by atoms with Crippen LogP contribution in [0.3, 0.4) is 0 Å². The Hall–Kier alpha value is -2.39. The van der Waals surface area contributed by atoms with Gasteiger partial charge in [0.15, 0.2) is 0 Å². The van der Waals surface area contributed by atoms with Crippen molar-refractivity contribution in [3.05, 3.63) is 58.1 Å². The van der Waals surface area contributed by atoms with Crippen LogP contribution >= 0.6 is 23.2 Å². The summed E-state index contributed by atoms with van der Waals surface area (Å²) in [6.45, 7) is 0.262. The first kappa shape index (κ1) is 20.3. The zero-order valence-corrected chi connectivity index (χ0v) is 16.1. The second kappa shape index (κ2) is 9.20. The molecule has 0 saturated heterocycles. The number of ether oxygens (including phenoxy) is 1. The molecule has 148 valence electrons. The largest absolute Gasteiger partial charge is 0.445 e. The summed E-state index contributed by atoms with van der Waals surface area (Å²) in [5.74, 6) is 0. The predicted molar refractivity (Wildman–Crippen MR) is 104 cm³/mol. The Bertz CT molecular complexity index is 951. The van der Waals surface area contributed by atoms with Crippen molar-refractivity contribution in [1.82, 2.24) is 20.3 Å². The fraction of sp³-hybridized carbons (Fsp3) is 0.278. The Labute approximate surface area is 170 Å². The molecule has 1 aromatic carbocycles. The van der Waals surface area contributed by atoms with Crippen molar-refractivity contribution < 1.29 is 19.7 Å². The van der Waals surface area contributed by atoms with Crippen LogP contribution in [-0.4, -0.2) is 43.9 Å². The van der Waals surface area contributed by atoms with Gasteiger partial charge in [-0.25, -0.2) is 9.78 Å². The maximum Gasteiger partial charge on any atom is 0.407 e. The van der Waals surface area contributed by atoms with Gasteiger partial charge in [-0.15, -0.1) is 0 Å². The van der Waals surface area contributed by atoms with Crippen LogP contribution in [0.15, 0.2) is 36.5 Å². The van der Waals surface area contributed by atoms with E-state index in [0.29, 0.717) is 16.6 Å². The third-order valence-corrected chi connectivity index (χ3v) is 4.54. The molecule has 28 heavy (non-hydrogen) atoms. The van der Waals surface area contributed by atoms with E-state index < -0.39 is 18.3 Å². The monoisotopic (exact) mass is 424 g/mol. The van der Waals surface area contributed by atoms with Gasteiger partial charge < -0.3 is 25.3 Å². The van der Waals surface area contributed by atoms with Gasteiger partial charge in [0, 0.05) is 18.3 Å². The molecular formula is C18H18Cl2N4O4. The van der Waals surface area contributed by atoms with Crippen LogP contribution in [0.1, 0.15) is 23.7 Å². The highest BCUT2D eigenvalue weighted by Crippen LogP contribution is 2.31. The number of rotatable bonds is 7. The summed E-state index contributed by atoms with van der Waals surface area (Å²) in [6.07, 6.45) is -1.43. The molecule has 0 aliphatic rings. The topological polar surface area (TPSA) is 120 Å². The highest BCUT2D eigenvalue weighted by atomic mass is 35.5. The minimum Gasteiger partial charge on any atom is -0.445 e. The number of benzene rings is 1. The van der Waals surface area contributed by atoms with Gasteiger partial charge in [-0.3, -0.25) is 0 Å². The lowest BCUT2D eigenvalue weighted by molar-refractivity contribution is 0.0145. The highest BCUT2D eigenvalue weighted by molar-refractivity contribution is 6.35. The zero-order chi connectivity index (χ0) is 20.1. The first-order valence-electron chi connectivity index (χ1n) is 8.46. The Morgan fingerprint density at radius 3 is 2.71 bits per heavy atom. The van der Waals surface area contributed by atoms with Gasteiger partial charge in [0.2, 0.25) is 5.28 Å². The lowest BCUT2D eigenvalue weighted by atomic mass is 10.0. The number of alkyl carbamates (subject to hydrolysis) is 1. The number of carbonyl (C=O) groups excluding carboxylic acids is 1. The molecule has 2 unspecified atom stereocenters. The van der Waals surface area contributed by atoms with Crippen LogP contribution in [0.4, 0.5) is 4.79 Å². The molecule has 2 atom stereocenters. The minimum atomic E-state index is -1.25. The van der Waals surface area contributed by atoms with E-state index in [-0.39, 0.29) is 30.0 Å². The maximum absolute atomic E-state index is 11.7. The lowest BCUT2D eigenvalue weighted by Crippen LogP contribution is -2.29. The molecule has 4 N–H and O–H groups in total. The number of halogens is 2. The molecule has 0 fully saturated rings. The minimum absolute atomic E-state index is 0.0286. The number of carbonyl (C=O) groups is 1. The van der Waals surface area contributed by atoms with Crippen LogP contribution in [0.25, 0.3) is 11.0 Å². The Kier molecular flexibility index (Phi) is 6.69.